The molecular formula is C23H36N2O2. The molecular weight excluding hydrogens is 336 g/mol. The van der Waals surface area contributed by atoms with Crippen LogP contribution in [0, 0.1) is 11.8 Å². The zero-order valence-electron chi connectivity index (χ0n) is 17.5. The lowest BCUT2D eigenvalue weighted by Crippen LogP contribution is -2.44. The summed E-state index contributed by atoms with van der Waals surface area (Å²) in [6.45, 7) is 10.5. The summed E-state index contributed by atoms with van der Waals surface area (Å²) < 4.78 is 0. The molecule has 1 aliphatic heterocycles. The number of hydrogen-bond donors (Lipinski definition) is 1. The number of nitrogens with one attached hydrogen (secondary N) is 1. The average molecular weight is 373 g/mol. The van der Waals surface area contributed by atoms with Crippen LogP contribution >= 0.6 is 0 Å². The van der Waals surface area contributed by atoms with Gasteiger partial charge in [-0.1, -0.05) is 52.0 Å². The van der Waals surface area contributed by atoms with Crippen molar-refractivity contribution in [1.29, 1.82) is 0 Å². The Balaban J connectivity index is 1.90. The van der Waals surface area contributed by atoms with Gasteiger partial charge in [-0.3, -0.25) is 9.59 Å². The Morgan fingerprint density at radius 2 is 1.89 bits per heavy atom. The van der Waals surface area contributed by atoms with Crippen molar-refractivity contribution in [2.75, 3.05) is 19.6 Å². The van der Waals surface area contributed by atoms with E-state index in [0.717, 1.165) is 38.8 Å². The Kier molecular flexibility index (Phi) is 8.33. The van der Waals surface area contributed by atoms with Crippen LogP contribution in [0.25, 0.3) is 0 Å². The second kappa shape index (κ2) is 10.5. The second-order valence-corrected chi connectivity index (χ2v) is 8.21. The van der Waals surface area contributed by atoms with Gasteiger partial charge in [0.1, 0.15) is 0 Å². The normalized spacial score (nSPS) is 16.4. The lowest BCUT2D eigenvalue weighted by molar-refractivity contribution is -0.136. The molecule has 0 aromatic heterocycles. The van der Waals surface area contributed by atoms with E-state index in [1.54, 1.807) is 0 Å². The summed E-state index contributed by atoms with van der Waals surface area (Å²) in [6, 6.07) is 8.99. The number of piperidine rings is 1. The summed E-state index contributed by atoms with van der Waals surface area (Å²) in [5.41, 5.74) is 2.83. The third kappa shape index (κ3) is 6.37. The van der Waals surface area contributed by atoms with Crippen molar-refractivity contribution in [2.45, 2.75) is 65.7 Å². The van der Waals surface area contributed by atoms with Crippen LogP contribution in [0.2, 0.25) is 0 Å². The topological polar surface area (TPSA) is 49.4 Å². The van der Waals surface area contributed by atoms with E-state index in [2.05, 4.69) is 43.4 Å². The van der Waals surface area contributed by atoms with Crippen LogP contribution in [0.1, 0.15) is 70.4 Å². The molecule has 1 heterocycles. The Morgan fingerprint density at radius 3 is 2.48 bits per heavy atom. The molecule has 1 atom stereocenters. The van der Waals surface area contributed by atoms with E-state index in [-0.39, 0.29) is 17.7 Å². The van der Waals surface area contributed by atoms with Gasteiger partial charge < -0.3 is 10.2 Å². The lowest BCUT2D eigenvalue weighted by atomic mass is 9.87. The summed E-state index contributed by atoms with van der Waals surface area (Å²) in [6.07, 6.45) is 4.39. The number of carbonyl (C=O) groups is 2. The molecule has 27 heavy (non-hydrogen) atoms. The first-order valence-electron chi connectivity index (χ1n) is 10.6. The highest BCUT2D eigenvalue weighted by molar-refractivity contribution is 5.81. The van der Waals surface area contributed by atoms with Crippen molar-refractivity contribution in [1.82, 2.24) is 10.2 Å². The molecule has 1 unspecified atom stereocenters. The smallest absolute Gasteiger partial charge is 0.227 e. The Hall–Kier alpha value is -1.84. The van der Waals surface area contributed by atoms with Crippen LogP contribution in [-0.4, -0.2) is 36.3 Å². The molecule has 1 aromatic rings. The molecule has 2 rings (SSSR count). The molecule has 2 amide bonds. The molecule has 1 aromatic carbocycles. The van der Waals surface area contributed by atoms with Crippen LogP contribution in [-0.2, 0) is 16.0 Å². The third-order valence-electron chi connectivity index (χ3n) is 5.58. The minimum absolute atomic E-state index is 0.0150. The lowest BCUT2D eigenvalue weighted by Gasteiger charge is -2.34. The fourth-order valence-electron chi connectivity index (χ4n) is 3.91. The summed E-state index contributed by atoms with van der Waals surface area (Å²) in [7, 11) is 0. The predicted octanol–water partition coefficient (Wildman–Crippen LogP) is 4.14. The summed E-state index contributed by atoms with van der Waals surface area (Å²) in [5.74, 6) is 1.31. The van der Waals surface area contributed by atoms with Gasteiger partial charge in [0.25, 0.3) is 0 Å². The highest BCUT2D eigenvalue weighted by Crippen LogP contribution is 2.29. The van der Waals surface area contributed by atoms with Gasteiger partial charge >= 0.3 is 0 Å². The third-order valence-corrected chi connectivity index (χ3v) is 5.58. The number of amides is 2. The van der Waals surface area contributed by atoms with E-state index < -0.39 is 0 Å². The summed E-state index contributed by atoms with van der Waals surface area (Å²) >= 11 is 0. The highest BCUT2D eigenvalue weighted by Gasteiger charge is 2.28. The molecule has 1 aliphatic rings. The summed E-state index contributed by atoms with van der Waals surface area (Å²) in [5, 5.41) is 2.87. The van der Waals surface area contributed by atoms with E-state index in [0.29, 0.717) is 24.8 Å². The molecule has 1 saturated heterocycles. The molecule has 0 bridgehead atoms. The minimum Gasteiger partial charge on any atom is -0.355 e. The van der Waals surface area contributed by atoms with Crippen LogP contribution in [0.4, 0.5) is 0 Å². The fourth-order valence-corrected chi connectivity index (χ4v) is 3.91. The zero-order valence-corrected chi connectivity index (χ0v) is 17.5. The number of rotatable bonds is 8. The van der Waals surface area contributed by atoms with E-state index in [1.807, 2.05) is 18.7 Å². The van der Waals surface area contributed by atoms with Crippen molar-refractivity contribution >= 4 is 11.8 Å². The van der Waals surface area contributed by atoms with Gasteiger partial charge in [-0.05, 0) is 48.6 Å². The first-order valence-corrected chi connectivity index (χ1v) is 10.6. The van der Waals surface area contributed by atoms with Crippen LogP contribution in [0.15, 0.2) is 24.3 Å². The van der Waals surface area contributed by atoms with Gasteiger partial charge in [0.05, 0.1) is 5.92 Å². The van der Waals surface area contributed by atoms with Crippen molar-refractivity contribution in [3.63, 3.8) is 0 Å². The predicted molar refractivity (Wildman–Crippen MR) is 111 cm³/mol. The molecule has 1 fully saturated rings. The maximum absolute atomic E-state index is 12.8. The van der Waals surface area contributed by atoms with E-state index in [4.69, 9.17) is 0 Å². The maximum atomic E-state index is 12.8. The maximum Gasteiger partial charge on any atom is 0.227 e. The zero-order chi connectivity index (χ0) is 19.8. The van der Waals surface area contributed by atoms with Gasteiger partial charge in [-0.25, -0.2) is 0 Å². The van der Waals surface area contributed by atoms with Crippen molar-refractivity contribution in [3.8, 4) is 0 Å². The first kappa shape index (κ1) is 21.5. The minimum atomic E-state index is -0.105. The standard InChI is InChI=1S/C23H36N2O2/c1-5-19(16-24-22(26)6-2)23(27)25-12-10-20(11-13-25)21-9-7-8-18(15-21)14-17(3)4/h7-9,15,17,19-20H,5-6,10-14,16H2,1-4H3,(H,24,26). The van der Waals surface area contributed by atoms with Crippen LogP contribution in [0.5, 0.6) is 0 Å². The molecule has 0 saturated carbocycles. The Labute approximate surface area is 164 Å². The second-order valence-electron chi connectivity index (χ2n) is 8.21. The highest BCUT2D eigenvalue weighted by atomic mass is 16.2. The van der Waals surface area contributed by atoms with Gasteiger partial charge in [-0.15, -0.1) is 0 Å². The molecule has 0 radical (unpaired) electrons. The Bertz CT molecular complexity index is 619. The first-order chi connectivity index (χ1) is 12.9. The van der Waals surface area contributed by atoms with Crippen molar-refractivity contribution < 1.29 is 9.59 Å². The molecule has 0 spiro atoms. The molecule has 4 nitrogen and oxygen atoms in total. The van der Waals surface area contributed by atoms with E-state index >= 15 is 0 Å². The number of carbonyl (C=O) groups excluding carboxylic acids is 2. The largest absolute Gasteiger partial charge is 0.355 e. The number of nitrogens with zero attached hydrogens (tertiary/aromatic N) is 1. The number of likely N-dealkylation sites (tertiary alicyclic amines) is 1. The summed E-state index contributed by atoms with van der Waals surface area (Å²) in [4.78, 5) is 26.3. The Morgan fingerprint density at radius 1 is 1.19 bits per heavy atom. The molecule has 4 heteroatoms. The molecule has 1 N–H and O–H groups in total. The molecule has 0 aliphatic carbocycles. The van der Waals surface area contributed by atoms with Crippen molar-refractivity contribution in [3.05, 3.63) is 35.4 Å². The van der Waals surface area contributed by atoms with Gasteiger partial charge in [0.2, 0.25) is 11.8 Å². The van der Waals surface area contributed by atoms with Gasteiger partial charge in [0, 0.05) is 26.1 Å². The van der Waals surface area contributed by atoms with Crippen LogP contribution in [0.3, 0.4) is 0 Å². The average Bonchev–Trinajstić information content (AvgIpc) is 2.67. The van der Waals surface area contributed by atoms with Crippen molar-refractivity contribution in [2.24, 2.45) is 11.8 Å². The number of benzene rings is 1. The van der Waals surface area contributed by atoms with E-state index in [9.17, 15) is 9.59 Å². The number of hydrogen-bond acceptors (Lipinski definition) is 2. The van der Waals surface area contributed by atoms with Crippen LogP contribution < -0.4 is 5.32 Å². The van der Waals surface area contributed by atoms with Gasteiger partial charge in [-0.2, -0.15) is 0 Å². The fraction of sp³-hybridized carbons (Fsp3) is 0.652. The molecule has 150 valence electrons. The van der Waals surface area contributed by atoms with Gasteiger partial charge in [0.15, 0.2) is 0 Å². The SMILES string of the molecule is CCC(=O)NCC(CC)C(=O)N1CCC(c2cccc(CC(C)C)c2)CC1. The van der Waals surface area contributed by atoms with E-state index in [1.165, 1.54) is 11.1 Å². The monoisotopic (exact) mass is 372 g/mol. The quantitative estimate of drug-likeness (QED) is 0.745.